The normalized spacial score (nSPS) is 22.0. The molecule has 21 heavy (non-hydrogen) atoms. The molecular weight excluding hydrogens is 264 g/mol. The van der Waals surface area contributed by atoms with E-state index in [2.05, 4.69) is 25.2 Å². The fraction of sp³-hybridized carbons (Fsp3) is 0.400. The Balaban J connectivity index is 1.65. The molecule has 0 unspecified atom stereocenters. The van der Waals surface area contributed by atoms with Gasteiger partial charge in [0.25, 0.3) is 0 Å². The lowest BCUT2D eigenvalue weighted by Crippen LogP contribution is -2.27. The maximum absolute atomic E-state index is 4.51. The topological polar surface area (TPSA) is 60.6 Å². The number of rotatable bonds is 3. The molecule has 0 radical (unpaired) electrons. The smallest absolute Gasteiger partial charge is 0.154 e. The molecule has 0 bridgehead atoms. The molecule has 6 heteroatoms. The lowest BCUT2D eigenvalue weighted by atomic mass is 10.1. The zero-order valence-electron chi connectivity index (χ0n) is 12.0. The summed E-state index contributed by atoms with van der Waals surface area (Å²) in [6.07, 6.45) is 11.2. The Morgan fingerprint density at radius 3 is 3.10 bits per heavy atom. The lowest BCUT2D eigenvalue weighted by molar-refractivity contribution is 0.437. The Morgan fingerprint density at radius 2 is 2.24 bits per heavy atom. The predicted octanol–water partition coefficient (Wildman–Crippen LogP) is 2.37. The van der Waals surface area contributed by atoms with Crippen LogP contribution in [0.15, 0.2) is 36.9 Å². The molecule has 1 fully saturated rings. The molecule has 6 nitrogen and oxygen atoms in total. The van der Waals surface area contributed by atoms with E-state index in [-0.39, 0.29) is 0 Å². The molecule has 1 aliphatic rings. The van der Waals surface area contributed by atoms with Crippen LogP contribution in [-0.2, 0) is 7.05 Å². The minimum Gasteiger partial charge on any atom is -0.363 e. The standard InChI is InChI=1S/C15H18N6/c1-20-10-11-6-8-16-15(14(11)19-20)18-12-4-2-5-13(12)21-9-3-7-17-21/h3,6-10,12-13H,2,4-5H2,1H3,(H,16,18)/t12-,13+/m1/s1. The summed E-state index contributed by atoms with van der Waals surface area (Å²) < 4.78 is 3.89. The van der Waals surface area contributed by atoms with E-state index in [4.69, 9.17) is 0 Å². The van der Waals surface area contributed by atoms with Gasteiger partial charge in [0.15, 0.2) is 5.82 Å². The van der Waals surface area contributed by atoms with Gasteiger partial charge in [0, 0.05) is 37.2 Å². The van der Waals surface area contributed by atoms with Gasteiger partial charge in [-0.05, 0) is 31.4 Å². The maximum Gasteiger partial charge on any atom is 0.154 e. The van der Waals surface area contributed by atoms with Crippen LogP contribution in [-0.4, -0.2) is 30.6 Å². The first-order valence-electron chi connectivity index (χ1n) is 7.35. The highest BCUT2D eigenvalue weighted by molar-refractivity contribution is 5.87. The number of nitrogens with one attached hydrogen (secondary N) is 1. The number of hydrogen-bond donors (Lipinski definition) is 1. The monoisotopic (exact) mass is 282 g/mol. The van der Waals surface area contributed by atoms with Crippen LogP contribution in [0.4, 0.5) is 5.82 Å². The van der Waals surface area contributed by atoms with E-state index in [9.17, 15) is 0 Å². The van der Waals surface area contributed by atoms with Gasteiger partial charge < -0.3 is 5.32 Å². The molecule has 3 aromatic heterocycles. The summed E-state index contributed by atoms with van der Waals surface area (Å²) in [5.41, 5.74) is 0.936. The van der Waals surface area contributed by atoms with Gasteiger partial charge in [-0.3, -0.25) is 9.36 Å². The van der Waals surface area contributed by atoms with E-state index in [0.29, 0.717) is 12.1 Å². The Labute approximate surface area is 122 Å². The third kappa shape index (κ3) is 2.16. The number of fused-ring (bicyclic) bond motifs is 1. The van der Waals surface area contributed by atoms with Crippen LogP contribution < -0.4 is 5.32 Å². The third-order valence-electron chi connectivity index (χ3n) is 4.21. The number of pyridine rings is 1. The van der Waals surface area contributed by atoms with Gasteiger partial charge in [0.05, 0.1) is 12.1 Å². The fourth-order valence-corrected chi connectivity index (χ4v) is 3.25. The van der Waals surface area contributed by atoms with Gasteiger partial charge in [0.1, 0.15) is 5.52 Å². The van der Waals surface area contributed by atoms with Crippen molar-refractivity contribution in [2.45, 2.75) is 31.3 Å². The Hall–Kier alpha value is -2.37. The van der Waals surface area contributed by atoms with E-state index in [0.717, 1.165) is 29.6 Å². The summed E-state index contributed by atoms with van der Waals surface area (Å²) in [5, 5.41) is 13.6. The molecule has 1 N–H and O–H groups in total. The number of aryl methyl sites for hydroxylation is 1. The van der Waals surface area contributed by atoms with Crippen LogP contribution in [0.5, 0.6) is 0 Å². The molecule has 0 saturated heterocycles. The zero-order chi connectivity index (χ0) is 14.2. The molecule has 108 valence electrons. The molecule has 3 aromatic rings. The average Bonchev–Trinajstić information content (AvgIpc) is 3.16. The van der Waals surface area contributed by atoms with E-state index in [1.165, 1.54) is 6.42 Å². The van der Waals surface area contributed by atoms with Crippen LogP contribution in [0.3, 0.4) is 0 Å². The van der Waals surface area contributed by atoms with E-state index >= 15 is 0 Å². The SMILES string of the molecule is Cn1cc2ccnc(N[C@@H]3CCC[C@@H]3n3cccn3)c2n1. The summed E-state index contributed by atoms with van der Waals surface area (Å²) in [4.78, 5) is 4.48. The first kappa shape index (κ1) is 12.4. The molecule has 0 aliphatic heterocycles. The van der Waals surface area contributed by atoms with Crippen molar-refractivity contribution in [2.24, 2.45) is 7.05 Å². The van der Waals surface area contributed by atoms with Gasteiger partial charge in [-0.1, -0.05) is 0 Å². The highest BCUT2D eigenvalue weighted by Crippen LogP contribution is 2.32. The minimum absolute atomic E-state index is 0.352. The molecule has 4 rings (SSSR count). The first-order chi connectivity index (χ1) is 10.3. The molecule has 2 atom stereocenters. The van der Waals surface area contributed by atoms with Gasteiger partial charge >= 0.3 is 0 Å². The van der Waals surface area contributed by atoms with Crippen LogP contribution >= 0.6 is 0 Å². The van der Waals surface area contributed by atoms with Crippen molar-refractivity contribution in [3.8, 4) is 0 Å². The number of nitrogens with zero attached hydrogens (tertiary/aromatic N) is 5. The van der Waals surface area contributed by atoms with Crippen LogP contribution in [0, 0.1) is 0 Å². The van der Waals surface area contributed by atoms with Crippen molar-refractivity contribution in [3.05, 3.63) is 36.9 Å². The van der Waals surface area contributed by atoms with Crippen molar-refractivity contribution in [1.82, 2.24) is 24.5 Å². The van der Waals surface area contributed by atoms with Crippen LogP contribution in [0.2, 0.25) is 0 Å². The Kier molecular flexibility index (Phi) is 2.87. The van der Waals surface area contributed by atoms with E-state index < -0.39 is 0 Å². The zero-order valence-corrected chi connectivity index (χ0v) is 12.0. The second-order valence-corrected chi connectivity index (χ2v) is 5.64. The average molecular weight is 282 g/mol. The first-order valence-corrected chi connectivity index (χ1v) is 7.35. The van der Waals surface area contributed by atoms with E-state index in [1.54, 1.807) is 0 Å². The van der Waals surface area contributed by atoms with Gasteiger partial charge in [-0.15, -0.1) is 0 Å². The van der Waals surface area contributed by atoms with Gasteiger partial charge in [0.2, 0.25) is 0 Å². The van der Waals surface area contributed by atoms with E-state index in [1.807, 2.05) is 48.6 Å². The predicted molar refractivity (Wildman–Crippen MR) is 81.0 cm³/mol. The second-order valence-electron chi connectivity index (χ2n) is 5.64. The van der Waals surface area contributed by atoms with Gasteiger partial charge in [-0.25, -0.2) is 4.98 Å². The van der Waals surface area contributed by atoms with Crippen molar-refractivity contribution >= 4 is 16.7 Å². The third-order valence-corrected chi connectivity index (χ3v) is 4.21. The largest absolute Gasteiger partial charge is 0.363 e. The number of hydrogen-bond acceptors (Lipinski definition) is 4. The summed E-state index contributed by atoms with van der Waals surface area (Å²) in [7, 11) is 1.94. The van der Waals surface area contributed by atoms with Crippen LogP contribution in [0.25, 0.3) is 10.9 Å². The quantitative estimate of drug-likeness (QED) is 0.801. The second kappa shape index (κ2) is 4.87. The Bertz CT molecular complexity index is 745. The molecule has 3 heterocycles. The van der Waals surface area contributed by atoms with Crippen molar-refractivity contribution in [3.63, 3.8) is 0 Å². The summed E-state index contributed by atoms with van der Waals surface area (Å²) in [6.45, 7) is 0. The molecular formula is C15H18N6. The van der Waals surface area contributed by atoms with Crippen molar-refractivity contribution < 1.29 is 0 Å². The number of anilines is 1. The fourth-order valence-electron chi connectivity index (χ4n) is 3.25. The molecule has 0 amide bonds. The summed E-state index contributed by atoms with van der Waals surface area (Å²) in [5.74, 6) is 0.872. The summed E-state index contributed by atoms with van der Waals surface area (Å²) >= 11 is 0. The maximum atomic E-state index is 4.51. The molecule has 1 aliphatic carbocycles. The van der Waals surface area contributed by atoms with Crippen molar-refractivity contribution in [2.75, 3.05) is 5.32 Å². The molecule has 0 spiro atoms. The highest BCUT2D eigenvalue weighted by atomic mass is 15.3. The van der Waals surface area contributed by atoms with Crippen molar-refractivity contribution in [1.29, 1.82) is 0 Å². The number of aromatic nitrogens is 5. The molecule has 1 saturated carbocycles. The molecule has 0 aromatic carbocycles. The highest BCUT2D eigenvalue weighted by Gasteiger charge is 2.29. The lowest BCUT2D eigenvalue weighted by Gasteiger charge is -2.22. The summed E-state index contributed by atoms with van der Waals surface area (Å²) in [6, 6.07) is 4.71. The Morgan fingerprint density at radius 1 is 1.29 bits per heavy atom. The van der Waals surface area contributed by atoms with Gasteiger partial charge in [-0.2, -0.15) is 10.2 Å². The van der Waals surface area contributed by atoms with Crippen LogP contribution in [0.1, 0.15) is 25.3 Å². The minimum atomic E-state index is 0.352.